The van der Waals surface area contributed by atoms with Gasteiger partial charge in [0.25, 0.3) is 5.92 Å². The third-order valence-corrected chi connectivity index (χ3v) is 8.89. The summed E-state index contributed by atoms with van der Waals surface area (Å²) in [6.07, 6.45) is 2.67. The van der Waals surface area contributed by atoms with E-state index in [2.05, 4.69) is 15.6 Å². The van der Waals surface area contributed by atoms with Gasteiger partial charge in [0, 0.05) is 13.5 Å². The lowest BCUT2D eigenvalue weighted by Gasteiger charge is -2.37. The molecule has 1 aromatic heterocycles. The van der Waals surface area contributed by atoms with Crippen molar-refractivity contribution < 1.29 is 36.7 Å². The first-order valence-electron chi connectivity index (χ1n) is 13.7. The molecule has 0 unspecified atom stereocenters. The number of piperidine rings is 1. The molecule has 2 bridgehead atoms. The minimum Gasteiger partial charge on any atom is -0.447 e. The highest BCUT2D eigenvalue weighted by molar-refractivity contribution is 5.90. The molecule has 6 atom stereocenters. The number of hydrogen-bond donors (Lipinski definition) is 2. The summed E-state index contributed by atoms with van der Waals surface area (Å²) < 4.78 is 52.5. The fourth-order valence-corrected chi connectivity index (χ4v) is 7.07. The summed E-state index contributed by atoms with van der Waals surface area (Å²) in [5.41, 5.74) is -1.24. The zero-order chi connectivity index (χ0) is 28.3. The quantitative estimate of drug-likeness (QED) is 0.551. The van der Waals surface area contributed by atoms with Crippen LogP contribution in [-0.2, 0) is 26.8 Å². The van der Waals surface area contributed by atoms with Crippen LogP contribution in [0.25, 0.3) is 0 Å². The van der Waals surface area contributed by atoms with Gasteiger partial charge in [-0.2, -0.15) is 8.78 Å². The van der Waals surface area contributed by atoms with E-state index in [1.54, 1.807) is 20.8 Å². The van der Waals surface area contributed by atoms with Gasteiger partial charge in [-0.15, -0.1) is 0 Å². The summed E-state index contributed by atoms with van der Waals surface area (Å²) in [6, 6.07) is -0.768. The maximum Gasteiger partial charge on any atom is 0.410 e. The number of hydrogen-bond acceptors (Lipinski definition) is 6. The molecule has 4 fully saturated rings. The molecule has 3 amide bonds. The second kappa shape index (κ2) is 9.69. The van der Waals surface area contributed by atoms with Crippen LogP contribution >= 0.6 is 0 Å². The van der Waals surface area contributed by atoms with E-state index < -0.39 is 47.4 Å². The fourth-order valence-electron chi connectivity index (χ4n) is 7.07. The van der Waals surface area contributed by atoms with Gasteiger partial charge in [0.15, 0.2) is 0 Å². The van der Waals surface area contributed by atoms with Crippen molar-refractivity contribution in [1.82, 2.24) is 20.5 Å². The Kier molecular flexibility index (Phi) is 6.90. The highest BCUT2D eigenvalue weighted by atomic mass is 19.3. The number of rotatable bonds is 6. The largest absolute Gasteiger partial charge is 0.447 e. The van der Waals surface area contributed by atoms with Gasteiger partial charge >= 0.3 is 6.09 Å². The number of carbonyl (C=O) groups is 3. The van der Waals surface area contributed by atoms with E-state index in [0.29, 0.717) is 6.92 Å². The lowest BCUT2D eigenvalue weighted by molar-refractivity contribution is -0.138. The Morgan fingerprint density at radius 2 is 1.74 bits per heavy atom. The maximum absolute atomic E-state index is 15.1. The van der Waals surface area contributed by atoms with E-state index in [4.69, 9.17) is 9.15 Å². The topological polar surface area (TPSA) is 114 Å². The average Bonchev–Trinajstić information content (AvgIpc) is 3.22. The van der Waals surface area contributed by atoms with Gasteiger partial charge in [-0.1, -0.05) is 0 Å². The molecule has 1 aromatic rings. The Morgan fingerprint density at radius 3 is 2.28 bits per heavy atom. The third-order valence-electron chi connectivity index (χ3n) is 8.89. The molecule has 2 heterocycles. The second-order valence-electron chi connectivity index (χ2n) is 12.7. The SMILES string of the molecule is CC(C)(C)OC(=O)N1CC[C@H](NC(=O)[C@H]2[C@H](C(=O)NCc3nc(C(C)(F)F)co3)[C@@H]3CC[C@H]2C32CC2)[C@@H](F)C1. The van der Waals surface area contributed by atoms with E-state index in [9.17, 15) is 23.2 Å². The summed E-state index contributed by atoms with van der Waals surface area (Å²) in [5, 5.41) is 5.60. The Morgan fingerprint density at radius 1 is 1.10 bits per heavy atom. The molecule has 3 aliphatic carbocycles. The van der Waals surface area contributed by atoms with Crippen LogP contribution in [0.2, 0.25) is 0 Å². The third kappa shape index (κ3) is 5.35. The highest BCUT2D eigenvalue weighted by Crippen LogP contribution is 2.74. The number of nitrogens with one attached hydrogen (secondary N) is 2. The number of amides is 3. The van der Waals surface area contributed by atoms with Crippen molar-refractivity contribution in [3.63, 3.8) is 0 Å². The number of ether oxygens (including phenoxy) is 1. The van der Waals surface area contributed by atoms with Crippen molar-refractivity contribution in [3.8, 4) is 0 Å². The predicted octanol–water partition coefficient (Wildman–Crippen LogP) is 3.92. The number of halogens is 3. The summed E-state index contributed by atoms with van der Waals surface area (Å²) >= 11 is 0. The number of alkyl halides is 3. The predicted molar refractivity (Wildman–Crippen MR) is 132 cm³/mol. The Balaban J connectivity index is 1.23. The number of oxazole rings is 1. The lowest BCUT2D eigenvalue weighted by atomic mass is 9.78. The van der Waals surface area contributed by atoms with Crippen molar-refractivity contribution in [2.24, 2.45) is 29.1 Å². The van der Waals surface area contributed by atoms with Gasteiger partial charge in [0.1, 0.15) is 23.7 Å². The van der Waals surface area contributed by atoms with Crippen LogP contribution in [0.5, 0.6) is 0 Å². The number of carbonyl (C=O) groups excluding carboxylic acids is 3. The first kappa shape index (κ1) is 27.8. The first-order chi connectivity index (χ1) is 18.2. The Labute approximate surface area is 225 Å². The zero-order valence-electron chi connectivity index (χ0n) is 22.8. The molecule has 1 saturated heterocycles. The minimum atomic E-state index is -3.16. The van der Waals surface area contributed by atoms with Crippen molar-refractivity contribution in [2.75, 3.05) is 13.1 Å². The van der Waals surface area contributed by atoms with Gasteiger partial charge in [-0.05, 0) is 70.1 Å². The van der Waals surface area contributed by atoms with E-state index >= 15 is 4.39 Å². The molecule has 39 heavy (non-hydrogen) atoms. The highest BCUT2D eigenvalue weighted by Gasteiger charge is 2.71. The van der Waals surface area contributed by atoms with Gasteiger partial charge in [0.2, 0.25) is 17.7 Å². The molecule has 216 valence electrons. The number of aromatic nitrogens is 1. The molecule has 3 saturated carbocycles. The number of nitrogens with zero attached hydrogens (tertiary/aromatic N) is 2. The molecule has 0 radical (unpaired) electrons. The standard InChI is InChI=1S/C27H37F3N4O5/c1-25(2,3)39-24(37)34-10-7-17(16(28)12-34)32-23(36)21-15-6-5-14(27(15)8-9-27)20(21)22(35)31-11-19-33-18(13-38-19)26(4,29)30/h13-17,20-21H,5-12H2,1-4H3,(H,31,35)(H,32,36)/t14-,15+,16-,17-,20+,21+/m0/s1. The van der Waals surface area contributed by atoms with Crippen molar-refractivity contribution in [3.05, 3.63) is 17.8 Å². The molecule has 9 nitrogen and oxygen atoms in total. The molecule has 1 aliphatic heterocycles. The number of likely N-dealkylation sites (tertiary alicyclic amines) is 1. The van der Waals surface area contributed by atoms with E-state index in [1.165, 1.54) is 4.90 Å². The maximum atomic E-state index is 15.1. The van der Waals surface area contributed by atoms with Crippen molar-refractivity contribution >= 4 is 17.9 Å². The van der Waals surface area contributed by atoms with Crippen LogP contribution in [0.4, 0.5) is 18.0 Å². The van der Waals surface area contributed by atoms with Gasteiger partial charge in [-0.3, -0.25) is 9.59 Å². The molecular weight excluding hydrogens is 517 g/mol. The van der Waals surface area contributed by atoms with Gasteiger partial charge < -0.3 is 24.7 Å². The summed E-state index contributed by atoms with van der Waals surface area (Å²) in [4.78, 5) is 44.4. The molecule has 12 heteroatoms. The van der Waals surface area contributed by atoms with Crippen LogP contribution in [0.3, 0.4) is 0 Å². The van der Waals surface area contributed by atoms with Gasteiger partial charge in [0.05, 0.1) is 31.0 Å². The molecule has 0 aromatic carbocycles. The normalized spacial score (nSPS) is 31.3. The molecular formula is C27H37F3N4O5. The fraction of sp³-hybridized carbons (Fsp3) is 0.778. The average molecular weight is 555 g/mol. The molecule has 5 rings (SSSR count). The summed E-state index contributed by atoms with van der Waals surface area (Å²) in [5.74, 6) is -4.96. The Hall–Kier alpha value is -2.79. The smallest absolute Gasteiger partial charge is 0.410 e. The summed E-state index contributed by atoms with van der Waals surface area (Å²) in [7, 11) is 0. The van der Waals surface area contributed by atoms with E-state index in [1.807, 2.05) is 0 Å². The first-order valence-corrected chi connectivity index (χ1v) is 13.7. The van der Waals surface area contributed by atoms with E-state index in [0.717, 1.165) is 31.9 Å². The monoisotopic (exact) mass is 554 g/mol. The Bertz CT molecular complexity index is 1130. The lowest BCUT2D eigenvalue weighted by Crippen LogP contribution is -2.56. The zero-order valence-corrected chi connectivity index (χ0v) is 22.8. The summed E-state index contributed by atoms with van der Waals surface area (Å²) in [6.45, 7) is 5.84. The van der Waals surface area contributed by atoms with Crippen LogP contribution in [0, 0.1) is 29.1 Å². The van der Waals surface area contributed by atoms with Crippen LogP contribution in [0.15, 0.2) is 10.7 Å². The van der Waals surface area contributed by atoms with Gasteiger partial charge in [-0.25, -0.2) is 14.2 Å². The molecule has 1 spiro atoms. The van der Waals surface area contributed by atoms with Crippen molar-refractivity contribution in [1.29, 1.82) is 0 Å². The molecule has 4 aliphatic rings. The second-order valence-corrected chi connectivity index (χ2v) is 12.7. The van der Waals surface area contributed by atoms with E-state index in [-0.39, 0.29) is 61.0 Å². The molecule has 2 N–H and O–H groups in total. The van der Waals surface area contributed by atoms with Crippen LogP contribution in [0.1, 0.15) is 71.4 Å². The van der Waals surface area contributed by atoms with Crippen molar-refractivity contribution in [2.45, 2.75) is 90.1 Å². The van der Waals surface area contributed by atoms with Crippen LogP contribution < -0.4 is 10.6 Å². The van der Waals surface area contributed by atoms with Crippen LogP contribution in [-0.4, -0.2) is 58.7 Å². The minimum absolute atomic E-state index is 0.0282.